The van der Waals surface area contributed by atoms with Gasteiger partial charge in [0.1, 0.15) is 0 Å². The molecule has 84 valence electrons. The summed E-state index contributed by atoms with van der Waals surface area (Å²) in [4.78, 5) is 5.94. The van der Waals surface area contributed by atoms with Crippen molar-refractivity contribution in [1.29, 1.82) is 0 Å². The van der Waals surface area contributed by atoms with Gasteiger partial charge in [-0.1, -0.05) is 13.3 Å². The minimum absolute atomic E-state index is 0.646. The summed E-state index contributed by atoms with van der Waals surface area (Å²) in [6, 6.07) is 0. The zero-order valence-corrected chi connectivity index (χ0v) is 10.4. The zero-order valence-electron chi connectivity index (χ0n) is 9.62. The van der Waals surface area contributed by atoms with Gasteiger partial charge in [0.2, 0.25) is 0 Å². The maximum absolute atomic E-state index is 5.69. The molecular formula is C12H20N2S. The lowest BCUT2D eigenvalue weighted by molar-refractivity contribution is 0.521. The highest BCUT2D eigenvalue weighted by atomic mass is 32.1. The average Bonchev–Trinajstić information content (AvgIpc) is 2.83. The van der Waals surface area contributed by atoms with Crippen LogP contribution in [0.2, 0.25) is 0 Å². The lowest BCUT2D eigenvalue weighted by atomic mass is 10.0. The van der Waals surface area contributed by atoms with Crippen LogP contribution in [0, 0.1) is 12.8 Å². The zero-order chi connectivity index (χ0) is 10.8. The number of hydrogen-bond donors (Lipinski definition) is 1. The highest BCUT2D eigenvalue weighted by Gasteiger charge is 2.27. The van der Waals surface area contributed by atoms with Crippen molar-refractivity contribution in [3.63, 3.8) is 0 Å². The highest BCUT2D eigenvalue weighted by molar-refractivity contribution is 7.11. The maximum atomic E-state index is 5.69. The number of aryl methyl sites for hydroxylation is 1. The van der Waals surface area contributed by atoms with Crippen LogP contribution in [0.3, 0.4) is 0 Å². The Kier molecular flexibility index (Phi) is 3.42. The van der Waals surface area contributed by atoms with Gasteiger partial charge in [-0.15, -0.1) is 11.3 Å². The molecule has 2 atom stereocenters. The molecule has 1 aliphatic rings. The molecular weight excluding hydrogens is 204 g/mol. The van der Waals surface area contributed by atoms with E-state index in [1.54, 1.807) is 0 Å². The number of nitrogens with two attached hydrogens (primary N) is 1. The second-order valence-electron chi connectivity index (χ2n) is 4.55. The predicted octanol–water partition coefficient (Wildman–Crippen LogP) is 3.20. The van der Waals surface area contributed by atoms with Gasteiger partial charge in [0.25, 0.3) is 0 Å². The number of nitrogens with zero attached hydrogens (tertiary/aromatic N) is 1. The van der Waals surface area contributed by atoms with Crippen molar-refractivity contribution in [2.24, 2.45) is 11.7 Å². The number of hydrogen-bond acceptors (Lipinski definition) is 3. The average molecular weight is 224 g/mol. The Morgan fingerprint density at radius 1 is 1.47 bits per heavy atom. The van der Waals surface area contributed by atoms with Crippen molar-refractivity contribution in [2.75, 3.05) is 0 Å². The van der Waals surface area contributed by atoms with Crippen molar-refractivity contribution in [2.45, 2.75) is 52.0 Å². The lowest BCUT2D eigenvalue weighted by Crippen LogP contribution is -1.94. The first-order valence-electron chi connectivity index (χ1n) is 5.90. The van der Waals surface area contributed by atoms with Gasteiger partial charge in [-0.05, 0) is 32.1 Å². The Bertz CT molecular complexity index is 332. The molecule has 0 spiro atoms. The molecule has 0 saturated heterocycles. The third kappa shape index (κ3) is 2.23. The van der Waals surface area contributed by atoms with E-state index in [2.05, 4.69) is 18.8 Å². The number of aromatic nitrogens is 1. The fourth-order valence-electron chi connectivity index (χ4n) is 2.48. The molecule has 0 amide bonds. The van der Waals surface area contributed by atoms with E-state index >= 15 is 0 Å². The van der Waals surface area contributed by atoms with Crippen molar-refractivity contribution in [3.05, 3.63) is 15.6 Å². The van der Waals surface area contributed by atoms with Crippen LogP contribution in [-0.4, -0.2) is 4.98 Å². The molecule has 2 nitrogen and oxygen atoms in total. The Morgan fingerprint density at radius 3 is 2.80 bits per heavy atom. The van der Waals surface area contributed by atoms with Gasteiger partial charge in [0.05, 0.1) is 10.7 Å². The molecule has 1 fully saturated rings. The third-order valence-corrected chi connectivity index (χ3v) is 4.90. The van der Waals surface area contributed by atoms with Crippen molar-refractivity contribution in [1.82, 2.24) is 4.98 Å². The summed E-state index contributed by atoms with van der Waals surface area (Å²) < 4.78 is 0. The maximum Gasteiger partial charge on any atom is 0.0962 e. The predicted molar refractivity (Wildman–Crippen MR) is 65.1 cm³/mol. The molecule has 0 bridgehead atoms. The molecule has 0 aromatic carbocycles. The Balaban J connectivity index is 2.10. The fraction of sp³-hybridized carbons (Fsp3) is 0.750. The standard InChI is InChI=1S/C12H20N2S/c1-3-9-4-5-10(6-9)12-14-8(2)11(7-13)15-12/h9-10H,3-7,13H2,1-2H3. The molecule has 0 radical (unpaired) electrons. The Hall–Kier alpha value is -0.410. The van der Waals surface area contributed by atoms with Gasteiger partial charge in [0, 0.05) is 17.3 Å². The topological polar surface area (TPSA) is 38.9 Å². The quantitative estimate of drug-likeness (QED) is 0.856. The van der Waals surface area contributed by atoms with Gasteiger partial charge in [0.15, 0.2) is 0 Å². The summed E-state index contributed by atoms with van der Waals surface area (Å²) in [5, 5.41) is 1.34. The van der Waals surface area contributed by atoms with Gasteiger partial charge in [-0.2, -0.15) is 0 Å². The Morgan fingerprint density at radius 2 is 2.27 bits per heavy atom. The smallest absolute Gasteiger partial charge is 0.0962 e. The summed E-state index contributed by atoms with van der Waals surface area (Å²) in [6.07, 6.45) is 5.38. The highest BCUT2D eigenvalue weighted by Crippen LogP contribution is 2.41. The molecule has 2 N–H and O–H groups in total. The monoisotopic (exact) mass is 224 g/mol. The van der Waals surface area contributed by atoms with E-state index in [0.29, 0.717) is 6.54 Å². The molecule has 2 unspecified atom stereocenters. The number of rotatable bonds is 3. The summed E-state index contributed by atoms with van der Waals surface area (Å²) in [5.74, 6) is 1.65. The van der Waals surface area contributed by atoms with E-state index in [9.17, 15) is 0 Å². The summed E-state index contributed by atoms with van der Waals surface area (Å²) in [6.45, 7) is 5.02. The van der Waals surface area contributed by atoms with Gasteiger partial charge >= 0.3 is 0 Å². The minimum Gasteiger partial charge on any atom is -0.326 e. The third-order valence-electron chi connectivity index (χ3n) is 3.56. The normalized spacial score (nSPS) is 26.1. The molecule has 0 aliphatic heterocycles. The molecule has 15 heavy (non-hydrogen) atoms. The summed E-state index contributed by atoms with van der Waals surface area (Å²) in [7, 11) is 0. The van der Waals surface area contributed by atoms with Gasteiger partial charge in [-0.3, -0.25) is 0 Å². The largest absolute Gasteiger partial charge is 0.326 e. The van der Waals surface area contributed by atoms with Gasteiger partial charge in [-0.25, -0.2) is 4.98 Å². The second-order valence-corrected chi connectivity index (χ2v) is 5.66. The van der Waals surface area contributed by atoms with Gasteiger partial charge < -0.3 is 5.73 Å². The molecule has 1 aliphatic carbocycles. The van der Waals surface area contributed by atoms with E-state index < -0.39 is 0 Å². The molecule has 1 aromatic rings. The fourth-order valence-corrected chi connectivity index (χ4v) is 3.58. The van der Waals surface area contributed by atoms with Crippen molar-refractivity contribution >= 4 is 11.3 Å². The minimum atomic E-state index is 0.646. The Labute approximate surface area is 95.9 Å². The van der Waals surface area contributed by atoms with Crippen LogP contribution in [0.25, 0.3) is 0 Å². The molecule has 3 heteroatoms. The lowest BCUT2D eigenvalue weighted by Gasteiger charge is -2.05. The molecule has 1 saturated carbocycles. The van der Waals surface area contributed by atoms with Crippen molar-refractivity contribution < 1.29 is 0 Å². The molecule has 1 heterocycles. The molecule has 2 rings (SSSR count). The summed E-state index contributed by atoms with van der Waals surface area (Å²) in [5.41, 5.74) is 6.84. The van der Waals surface area contributed by atoms with E-state index in [1.165, 1.54) is 35.6 Å². The van der Waals surface area contributed by atoms with Crippen LogP contribution in [0.1, 0.15) is 54.1 Å². The van der Waals surface area contributed by atoms with Crippen LogP contribution in [-0.2, 0) is 6.54 Å². The second kappa shape index (κ2) is 4.62. The van der Waals surface area contributed by atoms with Crippen LogP contribution in [0.5, 0.6) is 0 Å². The number of thiazole rings is 1. The SMILES string of the molecule is CCC1CCC(c2nc(C)c(CN)s2)C1. The van der Waals surface area contributed by atoms with Crippen LogP contribution in [0.4, 0.5) is 0 Å². The first-order valence-corrected chi connectivity index (χ1v) is 6.72. The van der Waals surface area contributed by atoms with Crippen LogP contribution < -0.4 is 5.73 Å². The summed E-state index contributed by atoms with van der Waals surface area (Å²) >= 11 is 1.83. The van der Waals surface area contributed by atoms with E-state index in [-0.39, 0.29) is 0 Å². The van der Waals surface area contributed by atoms with Crippen LogP contribution >= 0.6 is 11.3 Å². The molecule has 1 aromatic heterocycles. The van der Waals surface area contributed by atoms with E-state index in [1.807, 2.05) is 11.3 Å². The first-order chi connectivity index (χ1) is 7.24. The first kappa shape index (κ1) is 11.1. The van der Waals surface area contributed by atoms with E-state index in [4.69, 9.17) is 5.73 Å². The van der Waals surface area contributed by atoms with Crippen LogP contribution in [0.15, 0.2) is 0 Å². The van der Waals surface area contributed by atoms with E-state index in [0.717, 1.165) is 17.5 Å². The van der Waals surface area contributed by atoms with Crippen molar-refractivity contribution in [3.8, 4) is 0 Å².